The molecule has 98 valence electrons. The molecule has 3 aromatic heterocycles. The first-order valence-corrected chi connectivity index (χ1v) is 6.73. The number of nitrogens with one attached hydrogen (secondary N) is 1. The quantitative estimate of drug-likeness (QED) is 0.734. The summed E-state index contributed by atoms with van der Waals surface area (Å²) in [7, 11) is 0. The Balaban J connectivity index is 2.29. The molecular formula is C14H10N4OS. The fourth-order valence-electron chi connectivity index (χ4n) is 1.96. The second-order valence-corrected chi connectivity index (χ2v) is 5.02. The Labute approximate surface area is 119 Å². The molecule has 0 aliphatic carbocycles. The minimum atomic E-state index is -0.163. The van der Waals surface area contributed by atoms with Gasteiger partial charge in [-0.25, -0.2) is 4.98 Å². The van der Waals surface area contributed by atoms with Gasteiger partial charge in [-0.05, 0) is 11.4 Å². The van der Waals surface area contributed by atoms with Crippen LogP contribution in [-0.2, 0) is 4.79 Å². The number of terminal acetylenes is 1. The zero-order chi connectivity index (χ0) is 14.1. The molecule has 0 radical (unpaired) electrons. The van der Waals surface area contributed by atoms with Gasteiger partial charge in [-0.15, -0.1) is 17.8 Å². The molecule has 0 bridgehead atoms. The van der Waals surface area contributed by atoms with E-state index in [9.17, 15) is 4.79 Å². The van der Waals surface area contributed by atoms with Crippen molar-refractivity contribution in [1.82, 2.24) is 14.4 Å². The summed E-state index contributed by atoms with van der Waals surface area (Å²) >= 11 is 1.49. The second kappa shape index (κ2) is 4.79. The number of hydrogen-bond donors (Lipinski definition) is 1. The highest BCUT2D eigenvalue weighted by atomic mass is 32.1. The smallest absolute Gasteiger partial charge is 0.222 e. The molecule has 0 atom stereocenters. The van der Waals surface area contributed by atoms with Gasteiger partial charge in [0.1, 0.15) is 11.5 Å². The number of fused-ring (bicyclic) bond motifs is 1. The van der Waals surface area contributed by atoms with Gasteiger partial charge in [0.25, 0.3) is 0 Å². The summed E-state index contributed by atoms with van der Waals surface area (Å²) < 4.78 is 1.78. The first kappa shape index (κ1) is 12.4. The summed E-state index contributed by atoms with van der Waals surface area (Å²) in [6.07, 6.45) is 10.5. The van der Waals surface area contributed by atoms with Gasteiger partial charge in [-0.2, -0.15) is 0 Å². The Morgan fingerprint density at radius 3 is 3.15 bits per heavy atom. The molecule has 20 heavy (non-hydrogen) atoms. The van der Waals surface area contributed by atoms with Crippen molar-refractivity contribution in [3.8, 4) is 22.9 Å². The highest BCUT2D eigenvalue weighted by Gasteiger charge is 2.18. The molecule has 0 saturated carbocycles. The van der Waals surface area contributed by atoms with Crippen molar-refractivity contribution < 1.29 is 4.79 Å². The second-order valence-electron chi connectivity index (χ2n) is 4.10. The van der Waals surface area contributed by atoms with Crippen molar-refractivity contribution in [1.29, 1.82) is 0 Å². The molecule has 0 saturated heterocycles. The Morgan fingerprint density at radius 2 is 2.40 bits per heavy atom. The van der Waals surface area contributed by atoms with Crippen LogP contribution in [0.5, 0.6) is 0 Å². The van der Waals surface area contributed by atoms with E-state index in [1.807, 2.05) is 11.4 Å². The third-order valence-corrected chi connectivity index (χ3v) is 3.68. The van der Waals surface area contributed by atoms with E-state index in [1.165, 1.54) is 18.3 Å². The summed E-state index contributed by atoms with van der Waals surface area (Å²) in [6, 6.07) is 1.86. The molecule has 5 nitrogen and oxygen atoms in total. The van der Waals surface area contributed by atoms with E-state index in [0.29, 0.717) is 17.2 Å². The lowest BCUT2D eigenvalue weighted by atomic mass is 10.2. The third-order valence-electron chi connectivity index (χ3n) is 2.76. The lowest BCUT2D eigenvalue weighted by Gasteiger charge is -2.04. The summed E-state index contributed by atoms with van der Waals surface area (Å²) in [6.45, 7) is 1.46. The van der Waals surface area contributed by atoms with E-state index in [4.69, 9.17) is 6.42 Å². The van der Waals surface area contributed by atoms with E-state index >= 15 is 0 Å². The van der Waals surface area contributed by atoms with Crippen LogP contribution in [0.1, 0.15) is 12.5 Å². The maximum Gasteiger partial charge on any atom is 0.222 e. The van der Waals surface area contributed by atoms with Crippen LogP contribution >= 0.6 is 11.3 Å². The summed E-state index contributed by atoms with van der Waals surface area (Å²) in [5.41, 5.74) is 2.08. The molecule has 3 rings (SSSR count). The number of anilines is 1. The van der Waals surface area contributed by atoms with Crippen molar-refractivity contribution in [2.24, 2.45) is 0 Å². The number of amides is 1. The van der Waals surface area contributed by atoms with Crippen molar-refractivity contribution in [3.05, 3.63) is 35.6 Å². The van der Waals surface area contributed by atoms with Crippen LogP contribution in [0.25, 0.3) is 16.2 Å². The van der Waals surface area contributed by atoms with E-state index in [0.717, 1.165) is 10.4 Å². The molecule has 0 aromatic carbocycles. The van der Waals surface area contributed by atoms with Crippen molar-refractivity contribution in [2.45, 2.75) is 6.92 Å². The van der Waals surface area contributed by atoms with Gasteiger partial charge in [0.15, 0.2) is 5.65 Å². The van der Waals surface area contributed by atoms with Crippen molar-refractivity contribution in [3.63, 3.8) is 0 Å². The van der Waals surface area contributed by atoms with Crippen LogP contribution in [0.3, 0.4) is 0 Å². The van der Waals surface area contributed by atoms with Crippen molar-refractivity contribution in [2.75, 3.05) is 5.32 Å². The van der Waals surface area contributed by atoms with Crippen molar-refractivity contribution >= 4 is 28.7 Å². The summed E-state index contributed by atoms with van der Waals surface area (Å²) in [5, 5.41) is 4.71. The zero-order valence-electron chi connectivity index (χ0n) is 10.6. The minimum Gasteiger partial charge on any atom is -0.310 e. The average Bonchev–Trinajstić information content (AvgIpc) is 3.02. The molecule has 6 heteroatoms. The van der Waals surface area contributed by atoms with E-state index < -0.39 is 0 Å². The normalized spacial score (nSPS) is 10.4. The van der Waals surface area contributed by atoms with E-state index in [1.54, 1.807) is 23.0 Å². The maximum atomic E-state index is 11.4. The number of carbonyl (C=O) groups excluding carboxylic acids is 1. The van der Waals surface area contributed by atoms with E-state index in [-0.39, 0.29) is 5.91 Å². The van der Waals surface area contributed by atoms with Crippen LogP contribution in [0.4, 0.5) is 5.82 Å². The van der Waals surface area contributed by atoms with Crippen LogP contribution < -0.4 is 5.32 Å². The maximum absolute atomic E-state index is 11.4. The molecule has 0 aliphatic heterocycles. The van der Waals surface area contributed by atoms with Gasteiger partial charge in [-0.3, -0.25) is 14.2 Å². The van der Waals surface area contributed by atoms with Gasteiger partial charge in [0.2, 0.25) is 5.91 Å². The fraction of sp³-hybridized carbons (Fsp3) is 0.0714. The molecular weight excluding hydrogens is 272 g/mol. The number of imidazole rings is 1. The molecule has 1 amide bonds. The predicted octanol–water partition coefficient (Wildman–Crippen LogP) is 2.40. The number of thiophene rings is 1. The first-order valence-electron chi connectivity index (χ1n) is 5.85. The SMILES string of the molecule is C#Cc1ccsc1-c1nc2cnccn2c1NC(C)=O. The number of carbonyl (C=O) groups is 1. The molecule has 3 heterocycles. The molecule has 3 aromatic rings. The van der Waals surface area contributed by atoms with Gasteiger partial charge >= 0.3 is 0 Å². The monoisotopic (exact) mass is 282 g/mol. The Morgan fingerprint density at radius 1 is 1.55 bits per heavy atom. The molecule has 1 N–H and O–H groups in total. The van der Waals surface area contributed by atoms with Crippen LogP contribution in [0.15, 0.2) is 30.0 Å². The Bertz CT molecular complexity index is 840. The highest BCUT2D eigenvalue weighted by molar-refractivity contribution is 7.13. The fourth-order valence-corrected chi connectivity index (χ4v) is 2.81. The summed E-state index contributed by atoms with van der Waals surface area (Å²) in [5.74, 6) is 3.07. The van der Waals surface area contributed by atoms with Gasteiger partial charge in [-0.1, -0.05) is 5.92 Å². The number of hydrogen-bond acceptors (Lipinski definition) is 4. The largest absolute Gasteiger partial charge is 0.310 e. The van der Waals surface area contributed by atoms with E-state index in [2.05, 4.69) is 21.2 Å². The summed E-state index contributed by atoms with van der Waals surface area (Å²) in [4.78, 5) is 20.8. The highest BCUT2D eigenvalue weighted by Crippen LogP contribution is 2.34. The van der Waals surface area contributed by atoms with Crippen LogP contribution in [-0.4, -0.2) is 20.3 Å². The van der Waals surface area contributed by atoms with Gasteiger partial charge in [0.05, 0.1) is 11.1 Å². The van der Waals surface area contributed by atoms with Gasteiger partial charge < -0.3 is 5.32 Å². The number of nitrogens with zero attached hydrogens (tertiary/aromatic N) is 3. The van der Waals surface area contributed by atoms with Crippen LogP contribution in [0.2, 0.25) is 0 Å². The predicted molar refractivity (Wildman–Crippen MR) is 78.5 cm³/mol. The first-order chi connectivity index (χ1) is 9.70. The average molecular weight is 282 g/mol. The minimum absolute atomic E-state index is 0.163. The Hall–Kier alpha value is -2.65. The molecule has 0 spiro atoms. The number of aromatic nitrogens is 3. The van der Waals surface area contributed by atoms with Gasteiger partial charge in [0, 0.05) is 24.9 Å². The van der Waals surface area contributed by atoms with Crippen LogP contribution in [0, 0.1) is 12.3 Å². The number of rotatable bonds is 2. The standard InChI is InChI=1S/C14H10N4OS/c1-3-10-4-7-20-13(10)12-14(16-9(2)19)18-6-5-15-8-11(18)17-12/h1,4-8H,2H3,(H,16,19). The Kier molecular flexibility index (Phi) is 2.97. The third kappa shape index (κ3) is 1.94. The topological polar surface area (TPSA) is 59.3 Å². The lowest BCUT2D eigenvalue weighted by Crippen LogP contribution is -2.09. The zero-order valence-corrected chi connectivity index (χ0v) is 11.4. The lowest BCUT2D eigenvalue weighted by molar-refractivity contribution is -0.114. The molecule has 0 fully saturated rings. The molecule has 0 aliphatic rings. The molecule has 0 unspecified atom stereocenters.